The fourth-order valence-electron chi connectivity index (χ4n) is 2.80. The number of aryl methyl sites for hydroxylation is 1. The van der Waals surface area contributed by atoms with Crippen LogP contribution in [0.15, 0.2) is 18.2 Å². The monoisotopic (exact) mass is 263 g/mol. The number of methoxy groups -OCH3 is 1. The average Bonchev–Trinajstić information content (AvgIpc) is 2.76. The predicted molar refractivity (Wildman–Crippen MR) is 73.4 cm³/mol. The van der Waals surface area contributed by atoms with Gasteiger partial charge < -0.3 is 9.84 Å². The highest BCUT2D eigenvalue weighted by atomic mass is 16.5. The van der Waals surface area contributed by atoms with Gasteiger partial charge >= 0.3 is 5.97 Å². The van der Waals surface area contributed by atoms with E-state index >= 15 is 0 Å². The molecule has 1 saturated heterocycles. The van der Waals surface area contributed by atoms with Gasteiger partial charge in [-0.05, 0) is 49.6 Å². The van der Waals surface area contributed by atoms with Gasteiger partial charge in [-0.25, -0.2) is 4.79 Å². The summed E-state index contributed by atoms with van der Waals surface area (Å²) in [5.74, 6) is -0.861. The van der Waals surface area contributed by atoms with Crippen LogP contribution in [0.25, 0.3) is 0 Å². The molecule has 0 amide bonds. The summed E-state index contributed by atoms with van der Waals surface area (Å²) in [6.45, 7) is 4.55. The standard InChI is InChI=1S/C15H21NO3/c1-11-6-12(8-13(7-11)15(17)18)9-16-5-3-4-14(16)10-19-2/h6-8,14H,3-5,9-10H2,1-2H3,(H,17,18). The summed E-state index contributed by atoms with van der Waals surface area (Å²) in [6, 6.07) is 6.01. The maximum absolute atomic E-state index is 11.1. The van der Waals surface area contributed by atoms with Crippen LogP contribution in [0.2, 0.25) is 0 Å². The number of likely N-dealkylation sites (tertiary alicyclic amines) is 1. The average molecular weight is 263 g/mol. The van der Waals surface area contributed by atoms with E-state index in [0.717, 1.165) is 37.2 Å². The van der Waals surface area contributed by atoms with Crippen LogP contribution >= 0.6 is 0 Å². The zero-order chi connectivity index (χ0) is 13.8. The number of ether oxygens (including phenoxy) is 1. The molecule has 104 valence electrons. The predicted octanol–water partition coefficient (Wildman–Crippen LogP) is 2.30. The number of hydrogen-bond donors (Lipinski definition) is 1. The van der Waals surface area contributed by atoms with Crippen LogP contribution < -0.4 is 0 Å². The van der Waals surface area contributed by atoms with Crippen LogP contribution in [0.1, 0.15) is 34.3 Å². The second-order valence-corrected chi connectivity index (χ2v) is 5.23. The number of hydrogen-bond acceptors (Lipinski definition) is 3. The summed E-state index contributed by atoms with van der Waals surface area (Å²) >= 11 is 0. The summed E-state index contributed by atoms with van der Waals surface area (Å²) in [4.78, 5) is 13.5. The Morgan fingerprint density at radius 1 is 1.47 bits per heavy atom. The third kappa shape index (κ3) is 3.55. The summed E-state index contributed by atoms with van der Waals surface area (Å²) in [5, 5.41) is 9.10. The molecule has 1 aromatic carbocycles. The molecule has 1 N–H and O–H groups in total. The Morgan fingerprint density at radius 2 is 2.26 bits per heavy atom. The van der Waals surface area contributed by atoms with E-state index in [1.54, 1.807) is 19.2 Å². The summed E-state index contributed by atoms with van der Waals surface area (Å²) in [7, 11) is 1.73. The maximum atomic E-state index is 11.1. The second-order valence-electron chi connectivity index (χ2n) is 5.23. The van der Waals surface area contributed by atoms with Crippen LogP contribution in [-0.4, -0.2) is 42.3 Å². The van der Waals surface area contributed by atoms with E-state index in [2.05, 4.69) is 11.0 Å². The van der Waals surface area contributed by atoms with Crippen LogP contribution in [0.5, 0.6) is 0 Å². The van der Waals surface area contributed by atoms with Crippen molar-refractivity contribution < 1.29 is 14.6 Å². The van der Waals surface area contributed by atoms with Crippen molar-refractivity contribution in [2.75, 3.05) is 20.3 Å². The molecule has 0 saturated carbocycles. The van der Waals surface area contributed by atoms with Gasteiger partial charge in [0.1, 0.15) is 0 Å². The topological polar surface area (TPSA) is 49.8 Å². The van der Waals surface area contributed by atoms with Crippen LogP contribution in [-0.2, 0) is 11.3 Å². The third-order valence-electron chi connectivity index (χ3n) is 3.63. The number of nitrogens with zero attached hydrogens (tertiary/aromatic N) is 1. The number of carboxylic acids is 1. The Balaban J connectivity index is 2.12. The molecule has 1 fully saturated rings. The quantitative estimate of drug-likeness (QED) is 0.885. The van der Waals surface area contributed by atoms with Gasteiger partial charge in [0, 0.05) is 19.7 Å². The van der Waals surface area contributed by atoms with E-state index in [9.17, 15) is 4.79 Å². The molecule has 0 aliphatic carbocycles. The number of benzene rings is 1. The molecular weight excluding hydrogens is 242 g/mol. The number of aromatic carboxylic acids is 1. The largest absolute Gasteiger partial charge is 0.478 e. The first-order valence-electron chi connectivity index (χ1n) is 6.67. The number of carbonyl (C=O) groups is 1. The smallest absolute Gasteiger partial charge is 0.335 e. The van der Waals surface area contributed by atoms with Crippen molar-refractivity contribution in [2.45, 2.75) is 32.4 Å². The Bertz CT molecular complexity index is 459. The summed E-state index contributed by atoms with van der Waals surface area (Å²) in [5.41, 5.74) is 2.44. The van der Waals surface area contributed by atoms with E-state index in [0.29, 0.717) is 11.6 Å². The van der Waals surface area contributed by atoms with Crippen molar-refractivity contribution in [2.24, 2.45) is 0 Å². The van der Waals surface area contributed by atoms with Gasteiger partial charge in [-0.2, -0.15) is 0 Å². The Morgan fingerprint density at radius 3 is 2.95 bits per heavy atom. The zero-order valence-corrected chi connectivity index (χ0v) is 11.6. The van der Waals surface area contributed by atoms with Gasteiger partial charge in [0.2, 0.25) is 0 Å². The zero-order valence-electron chi connectivity index (χ0n) is 11.6. The highest BCUT2D eigenvalue weighted by molar-refractivity contribution is 5.88. The molecule has 2 rings (SSSR count). The molecule has 19 heavy (non-hydrogen) atoms. The van der Waals surface area contributed by atoms with Crippen LogP contribution in [0.3, 0.4) is 0 Å². The molecule has 0 spiro atoms. The van der Waals surface area contributed by atoms with E-state index in [1.165, 1.54) is 6.42 Å². The lowest BCUT2D eigenvalue weighted by molar-refractivity contribution is 0.0696. The first-order valence-corrected chi connectivity index (χ1v) is 6.67. The first-order chi connectivity index (χ1) is 9.10. The van der Waals surface area contributed by atoms with Gasteiger partial charge in [0.25, 0.3) is 0 Å². The number of rotatable bonds is 5. The summed E-state index contributed by atoms with van der Waals surface area (Å²) in [6.07, 6.45) is 2.34. The van der Waals surface area contributed by atoms with Gasteiger partial charge in [-0.1, -0.05) is 6.07 Å². The van der Waals surface area contributed by atoms with Crippen molar-refractivity contribution in [3.8, 4) is 0 Å². The Kier molecular flexibility index (Phi) is 4.56. The van der Waals surface area contributed by atoms with Crippen molar-refractivity contribution in [3.63, 3.8) is 0 Å². The second kappa shape index (κ2) is 6.17. The van der Waals surface area contributed by atoms with Gasteiger partial charge in [0.15, 0.2) is 0 Å². The fraction of sp³-hybridized carbons (Fsp3) is 0.533. The Labute approximate surface area is 114 Å². The van der Waals surface area contributed by atoms with E-state index in [1.807, 2.05) is 6.92 Å². The molecular formula is C15H21NO3. The minimum Gasteiger partial charge on any atom is -0.478 e. The van der Waals surface area contributed by atoms with Gasteiger partial charge in [-0.3, -0.25) is 4.90 Å². The molecule has 4 heteroatoms. The molecule has 1 heterocycles. The molecule has 0 aromatic heterocycles. The van der Waals surface area contributed by atoms with E-state index in [4.69, 9.17) is 9.84 Å². The van der Waals surface area contributed by atoms with Gasteiger partial charge in [-0.15, -0.1) is 0 Å². The highest BCUT2D eigenvalue weighted by Gasteiger charge is 2.24. The van der Waals surface area contributed by atoms with Crippen molar-refractivity contribution in [1.29, 1.82) is 0 Å². The lowest BCUT2D eigenvalue weighted by Gasteiger charge is -2.24. The number of carboxylic acid groups (broad SMARTS) is 1. The lowest BCUT2D eigenvalue weighted by atomic mass is 10.1. The van der Waals surface area contributed by atoms with Crippen molar-refractivity contribution >= 4 is 5.97 Å². The molecule has 1 atom stereocenters. The molecule has 1 aliphatic rings. The SMILES string of the molecule is COCC1CCCN1Cc1cc(C)cc(C(=O)O)c1. The molecule has 0 bridgehead atoms. The Hall–Kier alpha value is -1.39. The maximum Gasteiger partial charge on any atom is 0.335 e. The lowest BCUT2D eigenvalue weighted by Crippen LogP contribution is -2.32. The van der Waals surface area contributed by atoms with Crippen LogP contribution in [0, 0.1) is 6.92 Å². The molecule has 0 radical (unpaired) electrons. The third-order valence-corrected chi connectivity index (χ3v) is 3.63. The molecule has 1 aliphatic heterocycles. The highest BCUT2D eigenvalue weighted by Crippen LogP contribution is 2.21. The van der Waals surface area contributed by atoms with E-state index in [-0.39, 0.29) is 0 Å². The minimum absolute atomic E-state index is 0.373. The van der Waals surface area contributed by atoms with Crippen molar-refractivity contribution in [3.05, 3.63) is 34.9 Å². The molecule has 1 aromatic rings. The molecule has 1 unspecified atom stereocenters. The normalized spacial score (nSPS) is 19.8. The van der Waals surface area contributed by atoms with Crippen LogP contribution in [0.4, 0.5) is 0 Å². The summed E-state index contributed by atoms with van der Waals surface area (Å²) < 4.78 is 5.24. The minimum atomic E-state index is -0.861. The fourth-order valence-corrected chi connectivity index (χ4v) is 2.80. The molecule has 4 nitrogen and oxygen atoms in total. The van der Waals surface area contributed by atoms with Crippen molar-refractivity contribution in [1.82, 2.24) is 4.90 Å². The van der Waals surface area contributed by atoms with Gasteiger partial charge in [0.05, 0.1) is 12.2 Å². The first kappa shape index (κ1) is 14.0. The van der Waals surface area contributed by atoms with E-state index < -0.39 is 5.97 Å².